The van der Waals surface area contributed by atoms with Gasteiger partial charge in [-0.25, -0.2) is 4.72 Å². The van der Waals surface area contributed by atoms with Gasteiger partial charge in [-0.15, -0.1) is 0 Å². The fraction of sp³-hybridized carbons (Fsp3) is 1.00. The predicted molar refractivity (Wildman–Crippen MR) is 63.0 cm³/mol. The second-order valence-corrected chi connectivity index (χ2v) is 6.78. The highest BCUT2D eigenvalue weighted by Crippen LogP contribution is 2.38. The predicted octanol–water partition coefficient (Wildman–Crippen LogP) is 0.0424. The summed E-state index contributed by atoms with van der Waals surface area (Å²) in [6, 6.07) is 0.288. The third-order valence-corrected chi connectivity index (χ3v) is 5.19. The van der Waals surface area contributed by atoms with E-state index in [1.165, 1.54) is 6.42 Å². The van der Waals surface area contributed by atoms with Crippen molar-refractivity contribution in [3.63, 3.8) is 0 Å². The van der Waals surface area contributed by atoms with Gasteiger partial charge in [0.1, 0.15) is 0 Å². The molecule has 6 heteroatoms. The van der Waals surface area contributed by atoms with E-state index in [0.29, 0.717) is 25.4 Å². The van der Waals surface area contributed by atoms with Crippen LogP contribution in [0.3, 0.4) is 0 Å². The Bertz CT molecular complexity index is 342. The van der Waals surface area contributed by atoms with Gasteiger partial charge in [0, 0.05) is 25.2 Å². The molecule has 0 aromatic rings. The molecule has 5 nitrogen and oxygen atoms in total. The number of nitrogens with one attached hydrogen (secondary N) is 1. The highest BCUT2D eigenvalue weighted by atomic mass is 32.2. The van der Waals surface area contributed by atoms with Crippen LogP contribution in [-0.2, 0) is 10.2 Å². The van der Waals surface area contributed by atoms with E-state index in [0.717, 1.165) is 12.8 Å². The maximum Gasteiger partial charge on any atom is 0.279 e. The molecule has 1 aliphatic carbocycles. The van der Waals surface area contributed by atoms with E-state index in [-0.39, 0.29) is 12.1 Å². The number of nitrogens with zero attached hydrogens (tertiary/aromatic N) is 1. The van der Waals surface area contributed by atoms with Crippen LogP contribution in [0.2, 0.25) is 0 Å². The Kier molecular flexibility index (Phi) is 3.53. The topological polar surface area (TPSA) is 75.4 Å². The van der Waals surface area contributed by atoms with E-state index in [1.54, 1.807) is 4.31 Å². The first-order valence-electron chi connectivity index (χ1n) is 6.01. The molecule has 3 unspecified atom stereocenters. The Morgan fingerprint density at radius 3 is 2.75 bits per heavy atom. The minimum absolute atomic E-state index is 0.0396. The lowest BCUT2D eigenvalue weighted by atomic mass is 10.1. The fourth-order valence-electron chi connectivity index (χ4n) is 2.67. The minimum Gasteiger partial charge on any atom is -0.328 e. The van der Waals surface area contributed by atoms with Crippen LogP contribution < -0.4 is 10.5 Å². The highest BCUT2D eigenvalue weighted by Gasteiger charge is 2.43. The van der Waals surface area contributed by atoms with E-state index in [1.807, 2.05) is 6.92 Å². The van der Waals surface area contributed by atoms with Crippen LogP contribution in [0.25, 0.3) is 0 Å². The standard InChI is InChI=1S/C10H21N3O2S/c1-8(11)4-5-12-16(14,15)13-7-9-2-3-10(13)6-9/h8-10,12H,2-7,11H2,1H3. The summed E-state index contributed by atoms with van der Waals surface area (Å²) < 4.78 is 28.2. The molecular formula is C10H21N3O2S. The lowest BCUT2D eigenvalue weighted by Gasteiger charge is -2.26. The summed E-state index contributed by atoms with van der Waals surface area (Å²) >= 11 is 0. The molecule has 2 bridgehead atoms. The lowest BCUT2D eigenvalue weighted by molar-refractivity contribution is 0.328. The fourth-order valence-corrected chi connectivity index (χ4v) is 4.21. The maximum atomic E-state index is 12.0. The van der Waals surface area contributed by atoms with Gasteiger partial charge in [-0.05, 0) is 38.5 Å². The van der Waals surface area contributed by atoms with E-state index in [4.69, 9.17) is 5.73 Å². The van der Waals surface area contributed by atoms with Crippen molar-refractivity contribution in [2.24, 2.45) is 11.7 Å². The molecule has 94 valence electrons. The van der Waals surface area contributed by atoms with E-state index >= 15 is 0 Å². The van der Waals surface area contributed by atoms with Gasteiger partial charge in [0.25, 0.3) is 10.2 Å². The zero-order valence-corrected chi connectivity index (χ0v) is 10.5. The third kappa shape index (κ3) is 2.56. The molecule has 1 heterocycles. The first kappa shape index (κ1) is 12.3. The molecule has 2 fully saturated rings. The van der Waals surface area contributed by atoms with Crippen molar-refractivity contribution in [1.29, 1.82) is 0 Å². The summed E-state index contributed by atoms with van der Waals surface area (Å²) in [5, 5.41) is 0. The van der Waals surface area contributed by atoms with Crippen molar-refractivity contribution in [2.45, 2.75) is 44.7 Å². The first-order chi connectivity index (χ1) is 7.49. The number of piperidine rings is 1. The van der Waals surface area contributed by atoms with E-state index < -0.39 is 10.2 Å². The van der Waals surface area contributed by atoms with Crippen molar-refractivity contribution < 1.29 is 8.42 Å². The van der Waals surface area contributed by atoms with E-state index in [9.17, 15) is 8.42 Å². The normalized spacial score (nSPS) is 32.1. The smallest absolute Gasteiger partial charge is 0.279 e. The summed E-state index contributed by atoms with van der Waals surface area (Å²) in [5.41, 5.74) is 5.59. The second kappa shape index (κ2) is 4.60. The quantitative estimate of drug-likeness (QED) is 0.720. The van der Waals surface area contributed by atoms with Gasteiger partial charge in [0.2, 0.25) is 0 Å². The molecule has 0 aromatic carbocycles. The van der Waals surface area contributed by atoms with Gasteiger partial charge in [-0.3, -0.25) is 0 Å². The van der Waals surface area contributed by atoms with Crippen LogP contribution in [0.15, 0.2) is 0 Å². The molecule has 2 aliphatic rings. The van der Waals surface area contributed by atoms with Gasteiger partial charge in [0.15, 0.2) is 0 Å². The summed E-state index contributed by atoms with van der Waals surface area (Å²) in [6.07, 6.45) is 3.95. The molecule has 1 saturated heterocycles. The average Bonchev–Trinajstić information content (AvgIpc) is 2.77. The number of hydrogen-bond acceptors (Lipinski definition) is 3. The first-order valence-corrected chi connectivity index (χ1v) is 7.45. The van der Waals surface area contributed by atoms with Gasteiger partial charge in [0.05, 0.1) is 0 Å². The molecule has 0 aromatic heterocycles. The Labute approximate surface area is 97.6 Å². The van der Waals surface area contributed by atoms with Crippen LogP contribution in [-0.4, -0.2) is 37.9 Å². The molecule has 1 saturated carbocycles. The van der Waals surface area contributed by atoms with Gasteiger partial charge < -0.3 is 5.73 Å². The number of nitrogens with two attached hydrogens (primary N) is 1. The Morgan fingerprint density at radius 1 is 1.50 bits per heavy atom. The Balaban J connectivity index is 1.88. The number of rotatable bonds is 5. The lowest BCUT2D eigenvalue weighted by Crippen LogP contribution is -2.45. The summed E-state index contributed by atoms with van der Waals surface area (Å²) in [4.78, 5) is 0. The summed E-state index contributed by atoms with van der Waals surface area (Å²) in [7, 11) is -3.26. The van der Waals surface area contributed by atoms with Crippen molar-refractivity contribution in [1.82, 2.24) is 9.03 Å². The highest BCUT2D eigenvalue weighted by molar-refractivity contribution is 7.87. The third-order valence-electron chi connectivity index (χ3n) is 3.55. The zero-order chi connectivity index (χ0) is 11.8. The Morgan fingerprint density at radius 2 is 2.25 bits per heavy atom. The molecule has 2 rings (SSSR count). The SMILES string of the molecule is CC(N)CCNS(=O)(=O)N1CC2CCC1C2. The zero-order valence-electron chi connectivity index (χ0n) is 9.72. The summed E-state index contributed by atoms with van der Waals surface area (Å²) in [6.45, 7) is 3.03. The second-order valence-electron chi connectivity index (χ2n) is 5.07. The monoisotopic (exact) mass is 247 g/mol. The van der Waals surface area contributed by atoms with Crippen LogP contribution in [0.1, 0.15) is 32.6 Å². The van der Waals surface area contributed by atoms with Crippen LogP contribution >= 0.6 is 0 Å². The molecule has 3 N–H and O–H groups in total. The van der Waals surface area contributed by atoms with Gasteiger partial charge in [-0.2, -0.15) is 12.7 Å². The average molecular weight is 247 g/mol. The van der Waals surface area contributed by atoms with Crippen LogP contribution in [0.5, 0.6) is 0 Å². The molecule has 0 spiro atoms. The molecule has 0 radical (unpaired) electrons. The van der Waals surface area contributed by atoms with Crippen molar-refractivity contribution in [3.05, 3.63) is 0 Å². The molecule has 1 aliphatic heterocycles. The van der Waals surface area contributed by atoms with Gasteiger partial charge >= 0.3 is 0 Å². The summed E-state index contributed by atoms with van der Waals surface area (Å²) in [5.74, 6) is 0.593. The maximum absolute atomic E-state index is 12.0. The molecule has 0 amide bonds. The van der Waals surface area contributed by atoms with Crippen molar-refractivity contribution in [3.8, 4) is 0 Å². The van der Waals surface area contributed by atoms with Crippen molar-refractivity contribution in [2.75, 3.05) is 13.1 Å². The van der Waals surface area contributed by atoms with Crippen LogP contribution in [0.4, 0.5) is 0 Å². The van der Waals surface area contributed by atoms with E-state index in [2.05, 4.69) is 4.72 Å². The number of fused-ring (bicyclic) bond motifs is 2. The molecule has 16 heavy (non-hydrogen) atoms. The molecule has 3 atom stereocenters. The minimum atomic E-state index is -3.26. The Hall–Kier alpha value is -0.170. The number of hydrogen-bond donors (Lipinski definition) is 2. The van der Waals surface area contributed by atoms with Crippen LogP contribution in [0, 0.1) is 5.92 Å². The van der Waals surface area contributed by atoms with Crippen molar-refractivity contribution >= 4 is 10.2 Å². The molecular weight excluding hydrogens is 226 g/mol. The van der Waals surface area contributed by atoms with Gasteiger partial charge in [-0.1, -0.05) is 0 Å². The largest absolute Gasteiger partial charge is 0.328 e.